The number of hydrogen-bond donors (Lipinski definition) is 2. The summed E-state index contributed by atoms with van der Waals surface area (Å²) in [4.78, 5) is 11.9. The maximum absolute atomic E-state index is 11.9. The molecule has 2 rings (SSSR count). The van der Waals surface area contributed by atoms with Crippen molar-refractivity contribution in [3.05, 3.63) is 77.4 Å². The minimum atomic E-state index is -0.388. The van der Waals surface area contributed by atoms with E-state index in [4.69, 9.17) is 0 Å². The molecule has 0 aliphatic carbocycles. The van der Waals surface area contributed by atoms with Gasteiger partial charge in [-0.2, -0.15) is 0 Å². The Bertz CT molecular complexity index is 603. The molecule has 0 radical (unpaired) electrons. The molecular weight excluding hydrogens is 262 g/mol. The van der Waals surface area contributed by atoms with Crippen LogP contribution < -0.4 is 5.32 Å². The lowest BCUT2D eigenvalue weighted by molar-refractivity contribution is -0.117. The Labute approximate surface area is 124 Å². The summed E-state index contributed by atoms with van der Waals surface area (Å²) in [7, 11) is 0. The highest BCUT2D eigenvalue weighted by Gasteiger charge is 2.11. The van der Waals surface area contributed by atoms with Gasteiger partial charge >= 0.3 is 0 Å². The molecule has 2 aromatic carbocycles. The molecule has 0 spiro atoms. The molecule has 21 heavy (non-hydrogen) atoms. The number of benzene rings is 2. The number of hydrogen-bond acceptors (Lipinski definition) is 2. The Kier molecular flexibility index (Phi) is 5.29. The van der Waals surface area contributed by atoms with Crippen molar-refractivity contribution in [3.63, 3.8) is 0 Å². The number of carbonyl (C=O) groups is 1. The standard InChI is InChI=1S/C18H19NO2/c1-14-7-9-15(10-8-14)11-12-18(21)19-17(13-20)16-5-3-2-4-6-16/h2-12,17,20H,13H2,1H3,(H,19,21)/b12-11+/t17-/m1/s1. The van der Waals surface area contributed by atoms with Crippen molar-refractivity contribution in [2.45, 2.75) is 13.0 Å². The Balaban J connectivity index is 1.98. The average Bonchev–Trinajstić information content (AvgIpc) is 2.53. The van der Waals surface area contributed by atoms with Crippen LogP contribution in [-0.4, -0.2) is 17.6 Å². The topological polar surface area (TPSA) is 49.3 Å². The van der Waals surface area contributed by atoms with E-state index < -0.39 is 0 Å². The smallest absolute Gasteiger partial charge is 0.244 e. The molecule has 0 aromatic heterocycles. The van der Waals surface area contributed by atoms with E-state index in [0.29, 0.717) is 0 Å². The molecule has 0 aliphatic heterocycles. The van der Waals surface area contributed by atoms with Gasteiger partial charge in [-0.3, -0.25) is 4.79 Å². The van der Waals surface area contributed by atoms with Crippen LogP contribution >= 0.6 is 0 Å². The zero-order chi connectivity index (χ0) is 15.1. The van der Waals surface area contributed by atoms with E-state index in [1.165, 1.54) is 11.6 Å². The maximum Gasteiger partial charge on any atom is 0.244 e. The molecule has 0 fully saturated rings. The molecule has 0 bridgehead atoms. The first-order chi connectivity index (χ1) is 10.2. The number of carbonyl (C=O) groups excluding carboxylic acids is 1. The van der Waals surface area contributed by atoms with Crippen LogP contribution in [0.3, 0.4) is 0 Å². The fourth-order valence-corrected chi connectivity index (χ4v) is 1.99. The van der Waals surface area contributed by atoms with E-state index in [2.05, 4.69) is 5.32 Å². The second kappa shape index (κ2) is 7.41. The number of aliphatic hydroxyl groups excluding tert-OH is 1. The lowest BCUT2D eigenvalue weighted by atomic mass is 10.1. The molecule has 0 saturated heterocycles. The van der Waals surface area contributed by atoms with E-state index in [1.807, 2.05) is 61.5 Å². The first kappa shape index (κ1) is 15.0. The van der Waals surface area contributed by atoms with Gasteiger partial charge in [-0.15, -0.1) is 0 Å². The number of nitrogens with one attached hydrogen (secondary N) is 1. The molecule has 0 saturated carbocycles. The van der Waals surface area contributed by atoms with E-state index in [0.717, 1.165) is 11.1 Å². The highest BCUT2D eigenvalue weighted by atomic mass is 16.3. The van der Waals surface area contributed by atoms with Crippen LogP contribution in [-0.2, 0) is 4.79 Å². The molecule has 0 heterocycles. The molecule has 0 aliphatic rings. The number of amides is 1. The van der Waals surface area contributed by atoms with Crippen molar-refractivity contribution in [2.24, 2.45) is 0 Å². The quantitative estimate of drug-likeness (QED) is 0.828. The molecule has 108 valence electrons. The van der Waals surface area contributed by atoms with Gasteiger partial charge in [-0.1, -0.05) is 60.2 Å². The van der Waals surface area contributed by atoms with Crippen LogP contribution in [0.1, 0.15) is 22.7 Å². The molecule has 0 unspecified atom stereocenters. The molecule has 3 nitrogen and oxygen atoms in total. The third-order valence-electron chi connectivity index (χ3n) is 3.21. The minimum absolute atomic E-state index is 0.131. The van der Waals surface area contributed by atoms with Crippen molar-refractivity contribution < 1.29 is 9.90 Å². The number of rotatable bonds is 5. The summed E-state index contributed by atoms with van der Waals surface area (Å²) < 4.78 is 0. The van der Waals surface area contributed by atoms with Gasteiger partial charge in [0.15, 0.2) is 0 Å². The molecule has 2 N–H and O–H groups in total. The zero-order valence-corrected chi connectivity index (χ0v) is 12.0. The fourth-order valence-electron chi connectivity index (χ4n) is 1.99. The van der Waals surface area contributed by atoms with Crippen LogP contribution in [0.25, 0.3) is 6.08 Å². The van der Waals surface area contributed by atoms with Crippen LogP contribution in [0, 0.1) is 6.92 Å². The number of aryl methyl sites for hydroxylation is 1. The second-order valence-corrected chi connectivity index (χ2v) is 4.90. The third-order valence-corrected chi connectivity index (χ3v) is 3.21. The normalized spacial score (nSPS) is 12.3. The minimum Gasteiger partial charge on any atom is -0.394 e. The summed E-state index contributed by atoms with van der Waals surface area (Å²) in [6.07, 6.45) is 3.24. The maximum atomic E-state index is 11.9. The fraction of sp³-hybridized carbons (Fsp3) is 0.167. The van der Waals surface area contributed by atoms with Crippen LogP contribution in [0.5, 0.6) is 0 Å². The van der Waals surface area contributed by atoms with Gasteiger partial charge in [-0.05, 0) is 24.1 Å². The van der Waals surface area contributed by atoms with Crippen molar-refractivity contribution in [2.75, 3.05) is 6.61 Å². The summed E-state index contributed by atoms with van der Waals surface area (Å²) in [5.74, 6) is -0.224. The summed E-state index contributed by atoms with van der Waals surface area (Å²) in [5.41, 5.74) is 3.04. The average molecular weight is 281 g/mol. The molecule has 1 amide bonds. The van der Waals surface area contributed by atoms with Crippen LogP contribution in [0.15, 0.2) is 60.7 Å². The summed E-state index contributed by atoms with van der Waals surface area (Å²) in [6, 6.07) is 16.9. The summed E-state index contributed by atoms with van der Waals surface area (Å²) in [6.45, 7) is 1.89. The van der Waals surface area contributed by atoms with E-state index in [9.17, 15) is 9.90 Å². The van der Waals surface area contributed by atoms with Gasteiger partial charge in [0.2, 0.25) is 5.91 Å². The predicted molar refractivity (Wildman–Crippen MR) is 84.6 cm³/mol. The van der Waals surface area contributed by atoms with Crippen molar-refractivity contribution in [3.8, 4) is 0 Å². The Hall–Kier alpha value is -2.39. The lowest BCUT2D eigenvalue weighted by Gasteiger charge is -2.15. The van der Waals surface area contributed by atoms with Crippen molar-refractivity contribution in [1.82, 2.24) is 5.32 Å². The Morgan fingerprint density at radius 2 is 1.81 bits per heavy atom. The molecule has 1 atom stereocenters. The lowest BCUT2D eigenvalue weighted by Crippen LogP contribution is -2.29. The van der Waals surface area contributed by atoms with E-state index >= 15 is 0 Å². The monoisotopic (exact) mass is 281 g/mol. The van der Waals surface area contributed by atoms with Gasteiger partial charge in [0.05, 0.1) is 12.6 Å². The van der Waals surface area contributed by atoms with E-state index in [-0.39, 0.29) is 18.6 Å². The van der Waals surface area contributed by atoms with Crippen LogP contribution in [0.4, 0.5) is 0 Å². The first-order valence-electron chi connectivity index (χ1n) is 6.90. The van der Waals surface area contributed by atoms with Gasteiger partial charge in [-0.25, -0.2) is 0 Å². The van der Waals surface area contributed by atoms with Crippen molar-refractivity contribution in [1.29, 1.82) is 0 Å². The second-order valence-electron chi connectivity index (χ2n) is 4.90. The van der Waals surface area contributed by atoms with Crippen molar-refractivity contribution >= 4 is 12.0 Å². The Morgan fingerprint density at radius 1 is 1.14 bits per heavy atom. The highest BCUT2D eigenvalue weighted by Crippen LogP contribution is 2.11. The van der Waals surface area contributed by atoms with Gasteiger partial charge in [0.1, 0.15) is 0 Å². The predicted octanol–water partition coefficient (Wildman–Crippen LogP) is 2.86. The SMILES string of the molecule is Cc1ccc(/C=C/C(=O)N[C@H](CO)c2ccccc2)cc1. The number of aliphatic hydroxyl groups is 1. The highest BCUT2D eigenvalue weighted by molar-refractivity contribution is 5.92. The molecule has 3 heteroatoms. The summed E-state index contributed by atoms with van der Waals surface area (Å²) >= 11 is 0. The zero-order valence-electron chi connectivity index (χ0n) is 12.0. The van der Waals surface area contributed by atoms with E-state index in [1.54, 1.807) is 6.08 Å². The third kappa shape index (κ3) is 4.58. The largest absolute Gasteiger partial charge is 0.394 e. The van der Waals surface area contributed by atoms with Gasteiger partial charge in [0, 0.05) is 6.08 Å². The molecular formula is C18H19NO2. The van der Waals surface area contributed by atoms with Gasteiger partial charge < -0.3 is 10.4 Å². The van der Waals surface area contributed by atoms with Crippen LogP contribution in [0.2, 0.25) is 0 Å². The summed E-state index contributed by atoms with van der Waals surface area (Å²) in [5, 5.41) is 12.2. The van der Waals surface area contributed by atoms with Gasteiger partial charge in [0.25, 0.3) is 0 Å². The Morgan fingerprint density at radius 3 is 2.43 bits per heavy atom. The first-order valence-corrected chi connectivity index (χ1v) is 6.90. The molecule has 2 aromatic rings.